The van der Waals surface area contributed by atoms with E-state index in [-0.39, 0.29) is 19.3 Å². The first-order valence-corrected chi connectivity index (χ1v) is 8.30. The lowest BCUT2D eigenvalue weighted by molar-refractivity contribution is -0.143. The molecule has 0 radical (unpaired) electrons. The Morgan fingerprint density at radius 2 is 1.54 bits per heavy atom. The molecular formula is C15H25N5O8. The molecule has 13 nitrogen and oxygen atoms in total. The van der Waals surface area contributed by atoms with Gasteiger partial charge in [0.25, 0.3) is 0 Å². The van der Waals surface area contributed by atoms with Crippen molar-refractivity contribution in [3.05, 3.63) is 0 Å². The van der Waals surface area contributed by atoms with Crippen molar-refractivity contribution in [1.29, 1.82) is 0 Å². The molecular weight excluding hydrogens is 378 g/mol. The minimum atomic E-state index is -1.43. The van der Waals surface area contributed by atoms with E-state index in [1.165, 1.54) is 6.92 Å². The van der Waals surface area contributed by atoms with Crippen molar-refractivity contribution < 1.29 is 39.0 Å². The third kappa shape index (κ3) is 10.7. The highest BCUT2D eigenvalue weighted by atomic mass is 16.4. The number of amides is 4. The van der Waals surface area contributed by atoms with Crippen LogP contribution in [-0.4, -0.2) is 70.5 Å². The average molecular weight is 403 g/mol. The Labute approximate surface area is 160 Å². The van der Waals surface area contributed by atoms with E-state index >= 15 is 0 Å². The highest BCUT2D eigenvalue weighted by Gasteiger charge is 2.24. The van der Waals surface area contributed by atoms with Crippen molar-refractivity contribution in [2.45, 2.75) is 50.7 Å². The lowest BCUT2D eigenvalue weighted by atomic mass is 10.1. The third-order valence-corrected chi connectivity index (χ3v) is 3.49. The molecule has 0 aliphatic rings. The van der Waals surface area contributed by atoms with Crippen LogP contribution in [0.3, 0.4) is 0 Å². The van der Waals surface area contributed by atoms with Crippen molar-refractivity contribution in [1.82, 2.24) is 16.0 Å². The molecule has 0 aromatic heterocycles. The van der Waals surface area contributed by atoms with Gasteiger partial charge in [-0.1, -0.05) is 0 Å². The molecule has 0 aliphatic carbocycles. The van der Waals surface area contributed by atoms with Crippen LogP contribution in [0, 0.1) is 0 Å². The van der Waals surface area contributed by atoms with Crippen LogP contribution >= 0.6 is 0 Å². The van der Waals surface area contributed by atoms with Gasteiger partial charge in [-0.2, -0.15) is 0 Å². The summed E-state index contributed by atoms with van der Waals surface area (Å²) in [5.41, 5.74) is 10.5. The fraction of sp³-hybridized carbons (Fsp3) is 0.600. The summed E-state index contributed by atoms with van der Waals surface area (Å²) in [5, 5.41) is 24.2. The van der Waals surface area contributed by atoms with Crippen LogP contribution in [0.5, 0.6) is 0 Å². The summed E-state index contributed by atoms with van der Waals surface area (Å²) in [4.78, 5) is 67.6. The maximum atomic E-state index is 11.9. The van der Waals surface area contributed by atoms with Gasteiger partial charge in [-0.15, -0.1) is 0 Å². The van der Waals surface area contributed by atoms with Gasteiger partial charge >= 0.3 is 11.9 Å². The van der Waals surface area contributed by atoms with E-state index in [1.54, 1.807) is 0 Å². The summed E-state index contributed by atoms with van der Waals surface area (Å²) in [7, 11) is 0. The zero-order valence-corrected chi connectivity index (χ0v) is 15.3. The molecule has 0 saturated heterocycles. The second-order valence-electron chi connectivity index (χ2n) is 5.95. The molecule has 0 aromatic carbocycles. The summed E-state index contributed by atoms with van der Waals surface area (Å²) < 4.78 is 0. The van der Waals surface area contributed by atoms with Crippen molar-refractivity contribution in [2.75, 3.05) is 6.54 Å². The molecule has 0 rings (SSSR count). The highest BCUT2D eigenvalue weighted by molar-refractivity contribution is 5.92. The van der Waals surface area contributed by atoms with Crippen LogP contribution in [-0.2, 0) is 28.8 Å². The van der Waals surface area contributed by atoms with Crippen LogP contribution < -0.4 is 27.4 Å². The van der Waals surface area contributed by atoms with Crippen LogP contribution in [0.1, 0.15) is 32.6 Å². The molecule has 3 unspecified atom stereocenters. The lowest BCUT2D eigenvalue weighted by Crippen LogP contribution is -2.52. The molecule has 0 aliphatic heterocycles. The molecule has 0 bridgehead atoms. The van der Waals surface area contributed by atoms with E-state index in [2.05, 4.69) is 16.0 Å². The normalized spacial score (nSPS) is 13.5. The molecule has 3 atom stereocenters. The third-order valence-electron chi connectivity index (χ3n) is 3.49. The fourth-order valence-electron chi connectivity index (χ4n) is 1.91. The van der Waals surface area contributed by atoms with Gasteiger partial charge in [0.15, 0.2) is 0 Å². The van der Waals surface area contributed by atoms with Crippen LogP contribution in [0.2, 0.25) is 0 Å². The zero-order valence-electron chi connectivity index (χ0n) is 15.3. The first-order chi connectivity index (χ1) is 12.9. The van der Waals surface area contributed by atoms with Crippen LogP contribution in [0.15, 0.2) is 0 Å². The summed E-state index contributed by atoms with van der Waals surface area (Å²) in [6, 6.07) is -3.60. The average Bonchev–Trinajstić information content (AvgIpc) is 2.60. The number of carboxylic acids is 2. The Bertz CT molecular complexity index is 624. The second-order valence-corrected chi connectivity index (χ2v) is 5.95. The number of nitrogens with one attached hydrogen (secondary N) is 3. The van der Waals surface area contributed by atoms with Gasteiger partial charge in [0.2, 0.25) is 23.6 Å². The van der Waals surface area contributed by atoms with Crippen molar-refractivity contribution >= 4 is 35.6 Å². The number of hydrogen-bond acceptors (Lipinski definition) is 7. The Balaban J connectivity index is 4.42. The maximum Gasteiger partial charge on any atom is 0.326 e. The molecule has 0 fully saturated rings. The molecule has 28 heavy (non-hydrogen) atoms. The van der Waals surface area contributed by atoms with E-state index in [0.29, 0.717) is 0 Å². The Hall–Kier alpha value is -3.22. The maximum absolute atomic E-state index is 11.9. The quantitative estimate of drug-likeness (QED) is 0.162. The predicted molar refractivity (Wildman–Crippen MR) is 93.5 cm³/mol. The smallest absolute Gasteiger partial charge is 0.326 e. The van der Waals surface area contributed by atoms with Crippen molar-refractivity contribution in [2.24, 2.45) is 11.5 Å². The SMILES string of the molecule is CC(NC(=O)CNC(=O)C(N)CCC(N)=O)C(=O)NC(CCC(=O)O)C(=O)O. The van der Waals surface area contributed by atoms with E-state index in [4.69, 9.17) is 21.7 Å². The monoisotopic (exact) mass is 403 g/mol. The summed E-state index contributed by atoms with van der Waals surface area (Å²) in [6.07, 6.45) is -0.866. The van der Waals surface area contributed by atoms with E-state index in [1.807, 2.05) is 0 Å². The Morgan fingerprint density at radius 3 is 2.04 bits per heavy atom. The fourth-order valence-corrected chi connectivity index (χ4v) is 1.91. The van der Waals surface area contributed by atoms with Gasteiger partial charge in [0.1, 0.15) is 12.1 Å². The number of primary amides is 1. The molecule has 0 aromatic rings. The Morgan fingerprint density at radius 1 is 0.929 bits per heavy atom. The first-order valence-electron chi connectivity index (χ1n) is 8.30. The van der Waals surface area contributed by atoms with Gasteiger partial charge in [-0.25, -0.2) is 4.79 Å². The van der Waals surface area contributed by atoms with E-state index in [0.717, 1.165) is 0 Å². The van der Waals surface area contributed by atoms with Gasteiger partial charge in [0.05, 0.1) is 12.6 Å². The molecule has 0 heterocycles. The first kappa shape index (κ1) is 24.8. The molecule has 4 amide bonds. The van der Waals surface area contributed by atoms with E-state index in [9.17, 15) is 28.8 Å². The lowest BCUT2D eigenvalue weighted by Gasteiger charge is -2.18. The van der Waals surface area contributed by atoms with Crippen LogP contribution in [0.4, 0.5) is 0 Å². The van der Waals surface area contributed by atoms with E-state index < -0.39 is 66.7 Å². The number of carbonyl (C=O) groups is 6. The minimum absolute atomic E-state index is 0.00845. The molecule has 158 valence electrons. The second kappa shape index (κ2) is 12.2. The number of rotatable bonds is 13. The van der Waals surface area contributed by atoms with Gasteiger partial charge in [0, 0.05) is 12.8 Å². The van der Waals surface area contributed by atoms with Crippen LogP contribution in [0.25, 0.3) is 0 Å². The highest BCUT2D eigenvalue weighted by Crippen LogP contribution is 1.99. The number of nitrogens with two attached hydrogens (primary N) is 2. The Kier molecular flexibility index (Phi) is 10.8. The minimum Gasteiger partial charge on any atom is -0.481 e. The summed E-state index contributed by atoms with van der Waals surface area (Å²) in [6.45, 7) is 0.784. The summed E-state index contributed by atoms with van der Waals surface area (Å²) in [5.74, 6) is -5.51. The van der Waals surface area contributed by atoms with Crippen molar-refractivity contribution in [3.8, 4) is 0 Å². The standard InChI is InChI=1S/C15H25N5O8/c1-7(13(25)20-9(15(27)28)3-5-12(23)24)19-11(22)6-18-14(26)8(16)2-4-10(17)21/h7-9H,2-6,16H2,1H3,(H2,17,21)(H,18,26)(H,19,22)(H,20,25)(H,23,24)(H,27,28). The molecule has 0 spiro atoms. The number of carboxylic acid groups (broad SMARTS) is 2. The topological polar surface area (TPSA) is 231 Å². The molecule has 9 N–H and O–H groups in total. The molecule has 0 saturated carbocycles. The van der Waals surface area contributed by atoms with Gasteiger partial charge in [-0.3, -0.25) is 24.0 Å². The number of hydrogen-bond donors (Lipinski definition) is 7. The largest absolute Gasteiger partial charge is 0.481 e. The number of carbonyl (C=O) groups excluding carboxylic acids is 4. The van der Waals surface area contributed by atoms with Crippen molar-refractivity contribution in [3.63, 3.8) is 0 Å². The summed E-state index contributed by atoms with van der Waals surface area (Å²) >= 11 is 0. The van der Waals surface area contributed by atoms with Gasteiger partial charge < -0.3 is 37.6 Å². The van der Waals surface area contributed by atoms with Gasteiger partial charge in [-0.05, 0) is 19.8 Å². The predicted octanol–water partition coefficient (Wildman–Crippen LogP) is -3.37. The molecule has 13 heteroatoms. The zero-order chi connectivity index (χ0) is 21.9. The number of aliphatic carboxylic acids is 2.